The van der Waals surface area contributed by atoms with Crippen LogP contribution in [0.3, 0.4) is 0 Å². The molecule has 1 fully saturated rings. The Morgan fingerprint density at radius 1 is 0.900 bits per heavy atom. The van der Waals surface area contributed by atoms with Gasteiger partial charge in [0.2, 0.25) is 0 Å². The van der Waals surface area contributed by atoms with E-state index in [1.165, 1.54) is 48.4 Å². The monoisotopic (exact) mass is 416 g/mol. The topological polar surface area (TPSA) is 24.8 Å². The molecule has 0 unspecified atom stereocenters. The highest BCUT2D eigenvalue weighted by Gasteiger charge is 2.43. The lowest BCUT2D eigenvalue weighted by atomic mass is 9.86. The molecule has 1 saturated carbocycles. The van der Waals surface area contributed by atoms with Gasteiger partial charge in [-0.15, -0.1) is 0 Å². The Morgan fingerprint density at radius 3 is 2.60 bits per heavy atom. The lowest BCUT2D eigenvalue weighted by Gasteiger charge is -2.42. The zero-order valence-electron chi connectivity index (χ0n) is 16.9. The molecule has 3 aliphatic rings. The van der Waals surface area contributed by atoms with E-state index in [9.17, 15) is 0 Å². The first-order valence-corrected chi connectivity index (χ1v) is 11.5. The summed E-state index contributed by atoms with van der Waals surface area (Å²) in [6.07, 6.45) is 7.26. The highest BCUT2D eigenvalue weighted by Crippen LogP contribution is 2.47. The SMILES string of the molecule is Clc1ccc2c(c1)[C@@H]1CC(c3ccc4ccccc4c3)=NN1[C@@H](C1CCCCC1)O2. The van der Waals surface area contributed by atoms with E-state index < -0.39 is 0 Å². The molecule has 2 aliphatic heterocycles. The van der Waals surface area contributed by atoms with Crippen molar-refractivity contribution in [2.75, 3.05) is 0 Å². The fraction of sp³-hybridized carbons (Fsp3) is 0.346. The Labute approximate surface area is 182 Å². The lowest BCUT2D eigenvalue weighted by Crippen LogP contribution is -2.45. The van der Waals surface area contributed by atoms with Gasteiger partial charge in [0, 0.05) is 22.9 Å². The van der Waals surface area contributed by atoms with Crippen molar-refractivity contribution in [2.24, 2.45) is 11.0 Å². The Morgan fingerprint density at radius 2 is 1.73 bits per heavy atom. The molecule has 152 valence electrons. The zero-order chi connectivity index (χ0) is 20.1. The number of halogens is 1. The molecular formula is C26H25ClN2O. The van der Waals surface area contributed by atoms with Gasteiger partial charge in [0.1, 0.15) is 5.75 Å². The van der Waals surface area contributed by atoms with Gasteiger partial charge in [-0.3, -0.25) is 0 Å². The molecule has 0 amide bonds. The predicted octanol–water partition coefficient (Wildman–Crippen LogP) is 6.94. The van der Waals surface area contributed by atoms with Crippen LogP contribution in [0.15, 0.2) is 65.8 Å². The highest BCUT2D eigenvalue weighted by molar-refractivity contribution is 6.30. The van der Waals surface area contributed by atoms with Gasteiger partial charge in [-0.2, -0.15) is 5.10 Å². The third-order valence-electron chi connectivity index (χ3n) is 6.92. The molecule has 4 heteroatoms. The van der Waals surface area contributed by atoms with E-state index in [0.717, 1.165) is 28.5 Å². The van der Waals surface area contributed by atoms with Crippen molar-refractivity contribution in [1.29, 1.82) is 0 Å². The summed E-state index contributed by atoms with van der Waals surface area (Å²) in [7, 11) is 0. The van der Waals surface area contributed by atoms with E-state index >= 15 is 0 Å². The van der Waals surface area contributed by atoms with E-state index in [1.807, 2.05) is 12.1 Å². The fourth-order valence-corrected chi connectivity index (χ4v) is 5.54. The van der Waals surface area contributed by atoms with Crippen molar-refractivity contribution >= 4 is 28.1 Å². The van der Waals surface area contributed by atoms with Crippen LogP contribution in [-0.2, 0) is 0 Å². The van der Waals surface area contributed by atoms with Crippen molar-refractivity contribution in [3.05, 3.63) is 76.8 Å². The maximum Gasteiger partial charge on any atom is 0.190 e. The van der Waals surface area contributed by atoms with Crippen LogP contribution in [0.2, 0.25) is 5.02 Å². The van der Waals surface area contributed by atoms with Gasteiger partial charge in [-0.1, -0.05) is 67.3 Å². The van der Waals surface area contributed by atoms with Gasteiger partial charge in [-0.05, 0) is 53.4 Å². The van der Waals surface area contributed by atoms with Crippen LogP contribution in [-0.4, -0.2) is 16.9 Å². The number of hydrazone groups is 1. The normalized spacial score (nSPS) is 23.6. The largest absolute Gasteiger partial charge is 0.468 e. The van der Waals surface area contributed by atoms with Crippen molar-refractivity contribution in [3.8, 4) is 5.75 Å². The standard InChI is InChI=1S/C26H25ClN2O/c27-21-12-13-25-22(15-21)24-16-23(20-11-10-17-6-4-5-9-19(17)14-20)28-29(24)26(30-25)18-7-2-1-3-8-18/h4-6,9-15,18,24,26H,1-3,7-8,16H2/t24-,26+/m0/s1. The number of benzene rings is 3. The minimum atomic E-state index is 0.0157. The summed E-state index contributed by atoms with van der Waals surface area (Å²) in [5.74, 6) is 1.51. The number of hydrogen-bond acceptors (Lipinski definition) is 3. The van der Waals surface area contributed by atoms with Crippen LogP contribution in [0.5, 0.6) is 5.75 Å². The second kappa shape index (κ2) is 7.31. The number of fused-ring (bicyclic) bond motifs is 4. The smallest absolute Gasteiger partial charge is 0.190 e. The minimum Gasteiger partial charge on any atom is -0.468 e. The van der Waals surface area contributed by atoms with E-state index in [-0.39, 0.29) is 12.3 Å². The summed E-state index contributed by atoms with van der Waals surface area (Å²) in [6, 6.07) is 21.4. The molecule has 2 heterocycles. The molecule has 0 N–H and O–H groups in total. The molecule has 1 aliphatic carbocycles. The molecule has 0 saturated heterocycles. The Bertz CT molecular complexity index is 1130. The molecule has 3 aromatic rings. The zero-order valence-corrected chi connectivity index (χ0v) is 17.7. The molecule has 6 rings (SSSR count). The van der Waals surface area contributed by atoms with Gasteiger partial charge in [0.25, 0.3) is 0 Å². The number of ether oxygens (including phenoxy) is 1. The maximum atomic E-state index is 6.55. The predicted molar refractivity (Wildman–Crippen MR) is 122 cm³/mol. The van der Waals surface area contributed by atoms with Gasteiger partial charge < -0.3 is 4.74 Å². The minimum absolute atomic E-state index is 0.0157. The van der Waals surface area contributed by atoms with Crippen LogP contribution >= 0.6 is 11.6 Å². The van der Waals surface area contributed by atoms with Crippen LogP contribution in [0, 0.1) is 5.92 Å². The Kier molecular flexibility index (Phi) is 4.45. The molecule has 3 aromatic carbocycles. The second-order valence-electron chi connectivity index (χ2n) is 8.80. The second-order valence-corrected chi connectivity index (χ2v) is 9.23. The van der Waals surface area contributed by atoms with Crippen LogP contribution in [0.25, 0.3) is 10.8 Å². The first kappa shape index (κ1) is 18.3. The van der Waals surface area contributed by atoms with E-state index in [1.54, 1.807) is 0 Å². The molecule has 30 heavy (non-hydrogen) atoms. The third kappa shape index (κ3) is 3.07. The van der Waals surface area contributed by atoms with E-state index in [4.69, 9.17) is 21.4 Å². The number of nitrogens with zero attached hydrogens (tertiary/aromatic N) is 2. The van der Waals surface area contributed by atoms with Crippen molar-refractivity contribution < 1.29 is 4.74 Å². The number of hydrogen-bond donors (Lipinski definition) is 0. The van der Waals surface area contributed by atoms with Crippen LogP contribution in [0.1, 0.15) is 55.7 Å². The first-order chi connectivity index (χ1) is 14.8. The third-order valence-corrected chi connectivity index (χ3v) is 7.15. The van der Waals surface area contributed by atoms with Gasteiger partial charge in [-0.25, -0.2) is 5.01 Å². The van der Waals surface area contributed by atoms with E-state index in [2.05, 4.69) is 53.5 Å². The van der Waals surface area contributed by atoms with Gasteiger partial charge in [0.05, 0.1) is 11.8 Å². The summed E-state index contributed by atoms with van der Waals surface area (Å²) in [5, 5.41) is 10.7. The van der Waals surface area contributed by atoms with E-state index in [0.29, 0.717) is 5.92 Å². The molecule has 0 radical (unpaired) electrons. The maximum absolute atomic E-state index is 6.55. The lowest BCUT2D eigenvalue weighted by molar-refractivity contribution is -0.0643. The molecule has 0 spiro atoms. The summed E-state index contributed by atoms with van der Waals surface area (Å²) in [6.45, 7) is 0. The summed E-state index contributed by atoms with van der Waals surface area (Å²) in [5.41, 5.74) is 3.51. The first-order valence-electron chi connectivity index (χ1n) is 11.1. The fourth-order valence-electron chi connectivity index (χ4n) is 5.36. The average Bonchev–Trinajstić information content (AvgIpc) is 3.25. The molecule has 0 bridgehead atoms. The van der Waals surface area contributed by atoms with Crippen molar-refractivity contribution in [1.82, 2.24) is 5.01 Å². The van der Waals surface area contributed by atoms with Crippen LogP contribution in [0.4, 0.5) is 0 Å². The summed E-state index contributed by atoms with van der Waals surface area (Å²) in [4.78, 5) is 0. The van der Waals surface area contributed by atoms with Gasteiger partial charge >= 0.3 is 0 Å². The van der Waals surface area contributed by atoms with Crippen molar-refractivity contribution in [3.63, 3.8) is 0 Å². The van der Waals surface area contributed by atoms with Gasteiger partial charge in [0.15, 0.2) is 6.23 Å². The molecule has 2 atom stereocenters. The average molecular weight is 417 g/mol. The summed E-state index contributed by atoms with van der Waals surface area (Å²) < 4.78 is 6.55. The quantitative estimate of drug-likeness (QED) is 0.451. The molecular weight excluding hydrogens is 392 g/mol. The Balaban J connectivity index is 1.41. The molecule has 3 nitrogen and oxygen atoms in total. The highest BCUT2D eigenvalue weighted by atomic mass is 35.5. The van der Waals surface area contributed by atoms with Crippen LogP contribution < -0.4 is 4.74 Å². The molecule has 0 aromatic heterocycles. The van der Waals surface area contributed by atoms with Crippen molar-refractivity contribution in [2.45, 2.75) is 50.8 Å². The number of rotatable bonds is 2. The summed E-state index contributed by atoms with van der Waals surface area (Å²) >= 11 is 6.36. The Hall–Kier alpha value is -2.52.